The Morgan fingerprint density at radius 1 is 0.938 bits per heavy atom. The molecule has 0 atom stereocenters. The number of carbonyl (C=O) groups is 3. The summed E-state index contributed by atoms with van der Waals surface area (Å²) in [5, 5.41) is 0. The Hall–Kier alpha value is -3.33. The van der Waals surface area contributed by atoms with Gasteiger partial charge < -0.3 is 14.5 Å². The molecule has 9 heteroatoms. The average molecular weight is 451 g/mol. The van der Waals surface area contributed by atoms with Crippen LogP contribution in [0.3, 0.4) is 0 Å². The smallest absolute Gasteiger partial charge is 0.410 e. The molecule has 3 aromatic rings. The van der Waals surface area contributed by atoms with E-state index in [1.165, 1.54) is 0 Å². The molecule has 2 heterocycles. The van der Waals surface area contributed by atoms with Gasteiger partial charge in [0.05, 0.1) is 23.0 Å². The second-order valence-electron chi connectivity index (χ2n) is 8.94. The highest BCUT2D eigenvalue weighted by Gasteiger charge is 2.35. The SMILES string of the molecule is CC(C)(C)OC(=O)N1CCN(c2cc3c(c4nsnc24)C(=O)c2ccccc2C3=O)CC1. The molecular formula is C23H22N4O4S. The number of nitrogens with zero attached hydrogens (tertiary/aromatic N) is 4. The zero-order valence-electron chi connectivity index (χ0n) is 18.0. The summed E-state index contributed by atoms with van der Waals surface area (Å²) >= 11 is 1.03. The fourth-order valence-corrected chi connectivity index (χ4v) is 4.75. The van der Waals surface area contributed by atoms with Crippen LogP contribution in [0.15, 0.2) is 30.3 Å². The van der Waals surface area contributed by atoms with E-state index in [0.29, 0.717) is 59.5 Å². The number of benzene rings is 2. The molecule has 2 aliphatic rings. The average Bonchev–Trinajstić information content (AvgIpc) is 3.25. The van der Waals surface area contributed by atoms with E-state index in [1.54, 1.807) is 35.2 Å². The maximum atomic E-state index is 13.2. The third-order valence-corrected chi connectivity index (χ3v) is 6.21. The summed E-state index contributed by atoms with van der Waals surface area (Å²) in [5.41, 5.74) is 2.79. The van der Waals surface area contributed by atoms with E-state index in [9.17, 15) is 14.4 Å². The predicted octanol–water partition coefficient (Wildman–Crippen LogP) is 3.52. The molecule has 0 bridgehead atoms. The summed E-state index contributed by atoms with van der Waals surface area (Å²) in [6.45, 7) is 7.62. The number of ether oxygens (including phenoxy) is 1. The first-order valence-corrected chi connectivity index (χ1v) is 11.2. The maximum Gasteiger partial charge on any atom is 0.410 e. The monoisotopic (exact) mass is 450 g/mol. The Morgan fingerprint density at radius 2 is 1.56 bits per heavy atom. The number of anilines is 1. The number of piperazine rings is 1. The summed E-state index contributed by atoms with van der Waals surface area (Å²) in [5.74, 6) is -0.382. The largest absolute Gasteiger partial charge is 0.444 e. The number of fused-ring (bicyclic) bond motifs is 4. The summed E-state index contributed by atoms with van der Waals surface area (Å²) in [4.78, 5) is 42.6. The van der Waals surface area contributed by atoms with Crippen LogP contribution in [-0.2, 0) is 4.74 Å². The molecule has 5 rings (SSSR count). The van der Waals surface area contributed by atoms with Crippen LogP contribution in [-0.4, -0.2) is 63.1 Å². The third kappa shape index (κ3) is 3.33. The number of ketones is 2. The van der Waals surface area contributed by atoms with Crippen molar-refractivity contribution < 1.29 is 19.1 Å². The molecule has 0 saturated carbocycles. The van der Waals surface area contributed by atoms with Gasteiger partial charge in [-0.25, -0.2) is 4.79 Å². The molecule has 1 saturated heterocycles. The molecule has 2 aromatic carbocycles. The highest BCUT2D eigenvalue weighted by molar-refractivity contribution is 7.00. The van der Waals surface area contributed by atoms with Crippen LogP contribution < -0.4 is 4.90 Å². The molecule has 1 aromatic heterocycles. The number of hydrogen-bond donors (Lipinski definition) is 0. The van der Waals surface area contributed by atoms with E-state index in [1.807, 2.05) is 20.8 Å². The van der Waals surface area contributed by atoms with E-state index in [4.69, 9.17) is 4.74 Å². The summed E-state index contributed by atoms with van der Waals surface area (Å²) in [6, 6.07) is 8.63. The molecule has 0 spiro atoms. The number of hydrogen-bond acceptors (Lipinski definition) is 8. The van der Waals surface area contributed by atoms with Crippen molar-refractivity contribution in [2.75, 3.05) is 31.1 Å². The number of amides is 1. The fourth-order valence-electron chi connectivity index (χ4n) is 4.19. The molecule has 1 amide bonds. The lowest BCUT2D eigenvalue weighted by Crippen LogP contribution is -2.50. The second kappa shape index (κ2) is 7.37. The molecule has 0 radical (unpaired) electrons. The van der Waals surface area contributed by atoms with Crippen LogP contribution in [0.4, 0.5) is 10.5 Å². The molecule has 0 unspecified atom stereocenters. The van der Waals surface area contributed by atoms with Crippen molar-refractivity contribution in [3.63, 3.8) is 0 Å². The van der Waals surface area contributed by atoms with Crippen molar-refractivity contribution in [3.8, 4) is 0 Å². The zero-order chi connectivity index (χ0) is 22.6. The van der Waals surface area contributed by atoms with Crippen molar-refractivity contribution in [3.05, 3.63) is 52.6 Å². The second-order valence-corrected chi connectivity index (χ2v) is 9.47. The molecule has 32 heavy (non-hydrogen) atoms. The first kappa shape index (κ1) is 20.6. The fraction of sp³-hybridized carbons (Fsp3) is 0.348. The number of carbonyl (C=O) groups excluding carboxylic acids is 3. The minimum atomic E-state index is -0.547. The van der Waals surface area contributed by atoms with E-state index < -0.39 is 5.60 Å². The number of rotatable bonds is 1. The van der Waals surface area contributed by atoms with Gasteiger partial charge in [0.25, 0.3) is 0 Å². The van der Waals surface area contributed by atoms with Crippen LogP contribution in [0.25, 0.3) is 11.0 Å². The van der Waals surface area contributed by atoms with E-state index in [-0.39, 0.29) is 17.7 Å². The highest BCUT2D eigenvalue weighted by Crippen LogP contribution is 2.37. The van der Waals surface area contributed by atoms with Crippen molar-refractivity contribution in [1.29, 1.82) is 0 Å². The van der Waals surface area contributed by atoms with E-state index in [0.717, 1.165) is 17.4 Å². The van der Waals surface area contributed by atoms with Gasteiger partial charge in [-0.1, -0.05) is 24.3 Å². The van der Waals surface area contributed by atoms with Crippen LogP contribution in [0.5, 0.6) is 0 Å². The van der Waals surface area contributed by atoms with Gasteiger partial charge in [-0.15, -0.1) is 0 Å². The standard InChI is InChI=1S/C23H22N4O4S/c1-23(2,3)31-22(30)27-10-8-26(9-11-27)16-12-15-17(19-18(16)24-32-25-19)21(29)14-7-5-4-6-13(14)20(15)28/h4-7,12H,8-11H2,1-3H3. The van der Waals surface area contributed by atoms with Gasteiger partial charge in [-0.3, -0.25) is 9.59 Å². The van der Waals surface area contributed by atoms with Gasteiger partial charge in [0, 0.05) is 42.9 Å². The lowest BCUT2D eigenvalue weighted by Gasteiger charge is -2.37. The van der Waals surface area contributed by atoms with Gasteiger partial charge in [0.15, 0.2) is 11.6 Å². The normalized spacial score (nSPS) is 16.2. The Morgan fingerprint density at radius 3 is 2.22 bits per heavy atom. The first-order chi connectivity index (χ1) is 15.2. The molecule has 0 N–H and O–H groups in total. The van der Waals surface area contributed by atoms with Gasteiger partial charge in [-0.2, -0.15) is 8.75 Å². The summed E-state index contributed by atoms with van der Waals surface area (Å²) < 4.78 is 14.3. The molecule has 1 fully saturated rings. The molecule has 1 aliphatic carbocycles. The quantitative estimate of drug-likeness (QED) is 0.438. The van der Waals surface area contributed by atoms with Crippen LogP contribution in [0.1, 0.15) is 52.6 Å². The van der Waals surface area contributed by atoms with Gasteiger partial charge in [0.1, 0.15) is 16.6 Å². The Bertz CT molecular complexity index is 1270. The summed E-state index contributed by atoms with van der Waals surface area (Å²) in [7, 11) is 0. The minimum absolute atomic E-state index is 0.182. The molecular weight excluding hydrogens is 428 g/mol. The minimum Gasteiger partial charge on any atom is -0.444 e. The van der Waals surface area contributed by atoms with Crippen molar-refractivity contribution >= 4 is 46.1 Å². The van der Waals surface area contributed by atoms with Crippen molar-refractivity contribution in [2.24, 2.45) is 0 Å². The van der Waals surface area contributed by atoms with Crippen LogP contribution >= 0.6 is 11.7 Å². The Labute approximate surface area is 189 Å². The van der Waals surface area contributed by atoms with Crippen LogP contribution in [0.2, 0.25) is 0 Å². The Kier molecular flexibility index (Phi) is 4.74. The topological polar surface area (TPSA) is 92.7 Å². The van der Waals surface area contributed by atoms with E-state index in [2.05, 4.69) is 13.6 Å². The summed E-state index contributed by atoms with van der Waals surface area (Å²) in [6.07, 6.45) is -0.333. The number of aromatic nitrogens is 2. The Balaban J connectivity index is 1.49. The van der Waals surface area contributed by atoms with Crippen molar-refractivity contribution in [2.45, 2.75) is 26.4 Å². The van der Waals surface area contributed by atoms with Crippen LogP contribution in [0, 0.1) is 0 Å². The maximum absolute atomic E-state index is 13.2. The van der Waals surface area contributed by atoms with E-state index >= 15 is 0 Å². The first-order valence-electron chi connectivity index (χ1n) is 10.4. The lowest BCUT2D eigenvalue weighted by molar-refractivity contribution is 0.0240. The molecule has 1 aliphatic heterocycles. The lowest BCUT2D eigenvalue weighted by atomic mass is 9.83. The van der Waals surface area contributed by atoms with Gasteiger partial charge in [0.2, 0.25) is 0 Å². The molecule has 8 nitrogen and oxygen atoms in total. The third-order valence-electron chi connectivity index (χ3n) is 5.68. The van der Waals surface area contributed by atoms with Crippen molar-refractivity contribution in [1.82, 2.24) is 13.6 Å². The highest BCUT2D eigenvalue weighted by atomic mass is 32.1. The van der Waals surface area contributed by atoms with Gasteiger partial charge in [-0.05, 0) is 26.8 Å². The predicted molar refractivity (Wildman–Crippen MR) is 121 cm³/mol. The molecule has 164 valence electrons. The zero-order valence-corrected chi connectivity index (χ0v) is 18.9. The van der Waals surface area contributed by atoms with Gasteiger partial charge >= 0.3 is 6.09 Å².